The number of amides is 1. The summed E-state index contributed by atoms with van der Waals surface area (Å²) in [6.07, 6.45) is 0. The lowest BCUT2D eigenvalue weighted by Crippen LogP contribution is -2.30. The van der Waals surface area contributed by atoms with Gasteiger partial charge in [-0.1, -0.05) is 23.4 Å². The van der Waals surface area contributed by atoms with Crippen molar-refractivity contribution in [3.05, 3.63) is 52.3 Å². The van der Waals surface area contributed by atoms with Crippen LogP contribution in [0.4, 0.5) is 0 Å². The molecule has 0 aliphatic heterocycles. The minimum atomic E-state index is -1.22. The lowest BCUT2D eigenvalue weighted by Gasteiger charge is -2.05. The summed E-state index contributed by atoms with van der Waals surface area (Å²) >= 11 is 5.98. The summed E-state index contributed by atoms with van der Waals surface area (Å²) in [5.41, 5.74) is 0.547. The van der Waals surface area contributed by atoms with E-state index < -0.39 is 24.2 Å². The van der Waals surface area contributed by atoms with Crippen molar-refractivity contribution in [1.82, 2.24) is 10.3 Å². The van der Waals surface area contributed by atoms with E-state index in [-0.39, 0.29) is 16.4 Å². The van der Waals surface area contributed by atoms with Crippen molar-refractivity contribution in [2.75, 3.05) is 13.7 Å². The van der Waals surface area contributed by atoms with Gasteiger partial charge in [-0.25, -0.2) is 4.98 Å². The standard InChI is InChI=1S/C17H13ClN2O5/c1-25-12-6-3-10(4-7-12)2-5-11-8-13(21)15(20-16(11)18)17(24)19-9-14(22)23/h3-4,6-8,21H,9H2,1H3,(H,19,24)(H,22,23). The first-order valence-electron chi connectivity index (χ1n) is 6.96. The molecule has 0 spiro atoms. The number of hydrogen-bond donors (Lipinski definition) is 3. The molecule has 0 aliphatic carbocycles. The molecule has 0 atom stereocenters. The second-order valence-electron chi connectivity index (χ2n) is 4.75. The second kappa shape index (κ2) is 8.04. The van der Waals surface area contributed by atoms with E-state index >= 15 is 0 Å². The molecule has 1 heterocycles. The topological polar surface area (TPSA) is 109 Å². The summed E-state index contributed by atoms with van der Waals surface area (Å²) in [6, 6.07) is 8.19. The Labute approximate surface area is 148 Å². The number of ether oxygens (including phenoxy) is 1. The first-order valence-corrected chi connectivity index (χ1v) is 7.34. The number of nitrogens with zero attached hydrogens (tertiary/aromatic N) is 1. The van der Waals surface area contributed by atoms with Gasteiger partial charge < -0.3 is 20.3 Å². The number of aliphatic carboxylic acids is 1. The highest BCUT2D eigenvalue weighted by atomic mass is 35.5. The zero-order valence-electron chi connectivity index (χ0n) is 13.0. The molecule has 0 aliphatic rings. The molecular formula is C17H13ClN2O5. The van der Waals surface area contributed by atoms with Crippen molar-refractivity contribution in [1.29, 1.82) is 0 Å². The molecule has 3 N–H and O–H groups in total. The predicted octanol–water partition coefficient (Wildman–Crippen LogP) is 1.66. The van der Waals surface area contributed by atoms with Gasteiger partial charge in [0, 0.05) is 11.6 Å². The monoisotopic (exact) mass is 360 g/mol. The number of halogens is 1. The number of rotatable bonds is 4. The first kappa shape index (κ1) is 18.1. The fraction of sp³-hybridized carbons (Fsp3) is 0.118. The number of carbonyl (C=O) groups excluding carboxylic acids is 1. The van der Waals surface area contributed by atoms with Crippen molar-refractivity contribution >= 4 is 23.5 Å². The Kier molecular flexibility index (Phi) is 5.82. The summed E-state index contributed by atoms with van der Waals surface area (Å²) in [4.78, 5) is 26.0. The molecule has 0 fully saturated rings. The van der Waals surface area contributed by atoms with E-state index in [0.29, 0.717) is 11.3 Å². The minimum Gasteiger partial charge on any atom is -0.505 e. The van der Waals surface area contributed by atoms with Gasteiger partial charge in [0.05, 0.1) is 12.7 Å². The summed E-state index contributed by atoms with van der Waals surface area (Å²) in [6.45, 7) is -0.601. The zero-order chi connectivity index (χ0) is 18.4. The number of carboxylic acids is 1. The summed E-state index contributed by atoms with van der Waals surface area (Å²) < 4.78 is 5.05. The van der Waals surface area contributed by atoms with Crippen LogP contribution in [0.3, 0.4) is 0 Å². The van der Waals surface area contributed by atoms with Gasteiger partial charge in [-0.2, -0.15) is 0 Å². The summed E-state index contributed by atoms with van der Waals surface area (Å²) in [5.74, 6) is 3.77. The van der Waals surface area contributed by atoms with Gasteiger partial charge in [-0.15, -0.1) is 0 Å². The molecule has 25 heavy (non-hydrogen) atoms. The van der Waals surface area contributed by atoms with Crippen LogP contribution < -0.4 is 10.1 Å². The van der Waals surface area contributed by atoms with E-state index in [1.54, 1.807) is 31.4 Å². The van der Waals surface area contributed by atoms with E-state index in [1.165, 1.54) is 6.07 Å². The molecule has 128 valence electrons. The zero-order valence-corrected chi connectivity index (χ0v) is 13.8. The van der Waals surface area contributed by atoms with E-state index in [1.807, 2.05) is 0 Å². The third-order valence-corrected chi connectivity index (χ3v) is 3.29. The number of methoxy groups -OCH3 is 1. The Balaban J connectivity index is 2.23. The van der Waals surface area contributed by atoms with Crippen LogP contribution in [-0.2, 0) is 4.79 Å². The summed E-state index contributed by atoms with van der Waals surface area (Å²) in [7, 11) is 1.56. The van der Waals surface area contributed by atoms with Crippen LogP contribution in [0.1, 0.15) is 21.6 Å². The maximum absolute atomic E-state index is 11.8. The van der Waals surface area contributed by atoms with Crippen molar-refractivity contribution in [2.24, 2.45) is 0 Å². The number of benzene rings is 1. The van der Waals surface area contributed by atoms with Crippen molar-refractivity contribution < 1.29 is 24.5 Å². The number of carbonyl (C=O) groups is 2. The Hall–Kier alpha value is -3.24. The van der Waals surface area contributed by atoms with Crippen molar-refractivity contribution in [3.63, 3.8) is 0 Å². The largest absolute Gasteiger partial charge is 0.505 e. The smallest absolute Gasteiger partial charge is 0.322 e. The Bertz CT molecular complexity index is 869. The summed E-state index contributed by atoms with van der Waals surface area (Å²) in [5, 5.41) is 20.4. The van der Waals surface area contributed by atoms with E-state index in [9.17, 15) is 14.7 Å². The van der Waals surface area contributed by atoms with E-state index in [2.05, 4.69) is 22.1 Å². The molecule has 2 rings (SSSR count). The van der Waals surface area contributed by atoms with E-state index in [0.717, 1.165) is 0 Å². The van der Waals surface area contributed by atoms with Gasteiger partial charge >= 0.3 is 5.97 Å². The van der Waals surface area contributed by atoms with Crippen molar-refractivity contribution in [2.45, 2.75) is 0 Å². The quantitative estimate of drug-likeness (QED) is 0.565. The molecular weight excluding hydrogens is 348 g/mol. The van der Waals surface area contributed by atoms with E-state index in [4.69, 9.17) is 21.4 Å². The maximum atomic E-state index is 11.8. The van der Waals surface area contributed by atoms with Crippen LogP contribution >= 0.6 is 11.6 Å². The third-order valence-electron chi connectivity index (χ3n) is 3.00. The first-order chi connectivity index (χ1) is 11.9. The number of nitrogens with one attached hydrogen (secondary N) is 1. The highest BCUT2D eigenvalue weighted by Gasteiger charge is 2.16. The molecule has 1 aromatic carbocycles. The van der Waals surface area contributed by atoms with Crippen LogP contribution in [0.15, 0.2) is 30.3 Å². The Morgan fingerprint density at radius 1 is 1.28 bits per heavy atom. The number of hydrogen-bond acceptors (Lipinski definition) is 5. The van der Waals surface area contributed by atoms with Crippen LogP contribution in [0.25, 0.3) is 0 Å². The fourth-order valence-electron chi connectivity index (χ4n) is 1.79. The van der Waals surface area contributed by atoms with Crippen LogP contribution in [0, 0.1) is 11.8 Å². The predicted molar refractivity (Wildman–Crippen MR) is 89.9 cm³/mol. The second-order valence-corrected chi connectivity index (χ2v) is 5.11. The molecule has 0 unspecified atom stereocenters. The Morgan fingerprint density at radius 2 is 1.96 bits per heavy atom. The van der Waals surface area contributed by atoms with Gasteiger partial charge in [0.15, 0.2) is 5.69 Å². The SMILES string of the molecule is COc1ccc(C#Cc2cc(O)c(C(=O)NCC(=O)O)nc2Cl)cc1. The number of carboxylic acid groups (broad SMARTS) is 1. The highest BCUT2D eigenvalue weighted by Crippen LogP contribution is 2.22. The lowest BCUT2D eigenvalue weighted by atomic mass is 10.2. The van der Waals surface area contributed by atoms with Gasteiger partial charge in [0.1, 0.15) is 23.2 Å². The molecule has 1 amide bonds. The Morgan fingerprint density at radius 3 is 2.56 bits per heavy atom. The van der Waals surface area contributed by atoms with Gasteiger partial charge in [-0.3, -0.25) is 9.59 Å². The average molecular weight is 361 g/mol. The molecule has 8 heteroatoms. The van der Waals surface area contributed by atoms with Crippen LogP contribution in [-0.4, -0.2) is 40.7 Å². The molecule has 2 aromatic rings. The number of aromatic nitrogens is 1. The molecule has 0 radical (unpaired) electrons. The molecule has 7 nitrogen and oxygen atoms in total. The van der Waals surface area contributed by atoms with Gasteiger partial charge in [0.25, 0.3) is 5.91 Å². The number of pyridine rings is 1. The molecule has 0 saturated carbocycles. The minimum absolute atomic E-state index is 0.0840. The fourth-order valence-corrected chi connectivity index (χ4v) is 1.97. The van der Waals surface area contributed by atoms with Crippen LogP contribution in [0.5, 0.6) is 11.5 Å². The normalized spacial score (nSPS) is 9.68. The van der Waals surface area contributed by atoms with Crippen molar-refractivity contribution in [3.8, 4) is 23.3 Å². The maximum Gasteiger partial charge on any atom is 0.322 e. The van der Waals surface area contributed by atoms with Gasteiger partial charge in [-0.05, 0) is 24.3 Å². The highest BCUT2D eigenvalue weighted by molar-refractivity contribution is 6.30. The lowest BCUT2D eigenvalue weighted by molar-refractivity contribution is -0.135. The van der Waals surface area contributed by atoms with Gasteiger partial charge in [0.2, 0.25) is 0 Å². The third kappa shape index (κ3) is 4.86. The molecule has 0 bridgehead atoms. The molecule has 1 aromatic heterocycles. The van der Waals surface area contributed by atoms with Crippen LogP contribution in [0.2, 0.25) is 5.15 Å². The average Bonchev–Trinajstić information content (AvgIpc) is 2.60. The molecule has 0 saturated heterocycles. The number of aromatic hydroxyl groups is 1.